The lowest BCUT2D eigenvalue weighted by atomic mass is 9.44. The molecule has 5 aliphatic rings. The van der Waals surface area contributed by atoms with Crippen molar-refractivity contribution in [3.8, 4) is 0 Å². The van der Waals surface area contributed by atoms with E-state index in [1.165, 1.54) is 19.3 Å². The number of hydrogen-bond acceptors (Lipinski definition) is 2. The van der Waals surface area contributed by atoms with E-state index in [0.29, 0.717) is 28.8 Å². The van der Waals surface area contributed by atoms with Crippen LogP contribution in [0.2, 0.25) is 0 Å². The van der Waals surface area contributed by atoms with Crippen LogP contribution in [0.25, 0.3) is 0 Å². The maximum absolute atomic E-state index is 12.7. The monoisotopic (exact) mass is 326 g/mol. The molecule has 0 amide bonds. The summed E-state index contributed by atoms with van der Waals surface area (Å²) in [5.41, 5.74) is 0.502. The van der Waals surface area contributed by atoms with E-state index in [1.807, 2.05) is 6.08 Å². The van der Waals surface area contributed by atoms with Gasteiger partial charge in [0.2, 0.25) is 0 Å². The summed E-state index contributed by atoms with van der Waals surface area (Å²) in [6, 6.07) is 0. The number of Topliss-reactive ketones (excluding diaryl/α,β-unsaturated/α-hetero) is 1. The van der Waals surface area contributed by atoms with E-state index in [-0.39, 0.29) is 21.7 Å². The van der Waals surface area contributed by atoms with Gasteiger partial charge in [0.1, 0.15) is 5.78 Å². The highest BCUT2D eigenvalue weighted by Gasteiger charge is 2.81. The van der Waals surface area contributed by atoms with E-state index in [4.69, 9.17) is 0 Å². The topological polar surface area (TPSA) is 34.1 Å². The van der Waals surface area contributed by atoms with Crippen molar-refractivity contribution in [3.05, 3.63) is 12.2 Å². The zero-order valence-corrected chi connectivity index (χ0v) is 15.6. The second kappa shape index (κ2) is 3.91. The molecule has 4 fully saturated rings. The van der Waals surface area contributed by atoms with Gasteiger partial charge < -0.3 is 0 Å². The summed E-state index contributed by atoms with van der Waals surface area (Å²) in [6.45, 7) is 9.04. The Hall–Kier alpha value is -0.920. The highest BCUT2D eigenvalue weighted by Crippen LogP contribution is 2.87. The van der Waals surface area contributed by atoms with Gasteiger partial charge in [-0.05, 0) is 72.7 Å². The third-order valence-electron chi connectivity index (χ3n) is 10.1. The molecule has 0 aromatic carbocycles. The van der Waals surface area contributed by atoms with Gasteiger partial charge >= 0.3 is 0 Å². The van der Waals surface area contributed by atoms with Crippen molar-refractivity contribution < 1.29 is 9.59 Å². The molecule has 6 atom stereocenters. The first-order valence-electron chi connectivity index (χ1n) is 9.91. The maximum Gasteiger partial charge on any atom is 0.161 e. The molecule has 0 aromatic heterocycles. The van der Waals surface area contributed by atoms with Crippen LogP contribution in [0, 0.1) is 38.9 Å². The lowest BCUT2D eigenvalue weighted by molar-refractivity contribution is -0.147. The van der Waals surface area contributed by atoms with Crippen LogP contribution < -0.4 is 0 Å². The Bertz CT molecular complexity index is 703. The first-order chi connectivity index (χ1) is 11.1. The standard InChI is InChI=1S/C22H30O2/c1-18(2)14-5-6-15-19(3)9-7-17(24)20(19,4)11-12-22(15)13-21(14,22)10-8-16(18)23/h8,10,14-15H,5-7,9,11-13H2,1-4H3. The minimum atomic E-state index is -0.212. The van der Waals surface area contributed by atoms with E-state index in [1.54, 1.807) is 0 Å². The molecule has 0 saturated heterocycles. The van der Waals surface area contributed by atoms with Crippen LogP contribution in [0.3, 0.4) is 0 Å². The van der Waals surface area contributed by atoms with Crippen LogP contribution in [-0.4, -0.2) is 11.6 Å². The van der Waals surface area contributed by atoms with E-state index in [0.717, 1.165) is 25.7 Å². The van der Waals surface area contributed by atoms with Crippen LogP contribution in [-0.2, 0) is 9.59 Å². The lowest BCUT2D eigenvalue weighted by Gasteiger charge is -2.59. The van der Waals surface area contributed by atoms with Crippen LogP contribution in [0.5, 0.6) is 0 Å². The van der Waals surface area contributed by atoms with Crippen molar-refractivity contribution in [1.29, 1.82) is 0 Å². The Labute approximate surface area is 145 Å². The van der Waals surface area contributed by atoms with Crippen molar-refractivity contribution in [2.45, 2.75) is 72.6 Å². The molecule has 0 aromatic rings. The molecule has 2 heteroatoms. The summed E-state index contributed by atoms with van der Waals surface area (Å²) in [5, 5.41) is 0. The van der Waals surface area contributed by atoms with Crippen molar-refractivity contribution in [1.82, 2.24) is 0 Å². The highest BCUT2D eigenvalue weighted by molar-refractivity contribution is 5.96. The minimum absolute atomic E-state index is 0.0940. The molecule has 6 unspecified atom stereocenters. The molecule has 0 bridgehead atoms. The number of carbonyl (C=O) groups is 2. The molecule has 5 aliphatic carbocycles. The number of allylic oxidation sites excluding steroid dienone is 2. The van der Waals surface area contributed by atoms with Gasteiger partial charge in [0.15, 0.2) is 5.78 Å². The van der Waals surface area contributed by atoms with Gasteiger partial charge in [-0.2, -0.15) is 0 Å². The van der Waals surface area contributed by atoms with Gasteiger partial charge in [0, 0.05) is 17.3 Å². The first-order valence-corrected chi connectivity index (χ1v) is 9.91. The number of carbonyl (C=O) groups excluding carboxylic acids is 2. The van der Waals surface area contributed by atoms with Crippen molar-refractivity contribution >= 4 is 11.6 Å². The Morgan fingerprint density at radius 3 is 2.42 bits per heavy atom. The highest BCUT2D eigenvalue weighted by atomic mass is 16.1. The number of ketones is 2. The Morgan fingerprint density at radius 2 is 1.67 bits per heavy atom. The number of rotatable bonds is 0. The van der Waals surface area contributed by atoms with Crippen molar-refractivity contribution in [2.24, 2.45) is 38.9 Å². The molecule has 5 rings (SSSR count). The summed E-state index contributed by atoms with van der Waals surface area (Å²) in [6.07, 6.45) is 12.0. The molecule has 2 nitrogen and oxygen atoms in total. The maximum atomic E-state index is 12.7. The van der Waals surface area contributed by atoms with E-state index >= 15 is 0 Å². The lowest BCUT2D eigenvalue weighted by Crippen LogP contribution is -2.56. The van der Waals surface area contributed by atoms with E-state index in [2.05, 4.69) is 33.8 Å². The molecular formula is C22H30O2. The average Bonchev–Trinajstić information content (AvgIpc) is 3.14. The van der Waals surface area contributed by atoms with Crippen LogP contribution in [0.15, 0.2) is 12.2 Å². The van der Waals surface area contributed by atoms with Crippen molar-refractivity contribution in [3.63, 3.8) is 0 Å². The largest absolute Gasteiger partial charge is 0.299 e. The van der Waals surface area contributed by atoms with E-state index in [9.17, 15) is 9.59 Å². The zero-order chi connectivity index (χ0) is 17.2. The Balaban J connectivity index is 1.62. The third kappa shape index (κ3) is 1.29. The second-order valence-corrected chi connectivity index (χ2v) is 10.6. The summed E-state index contributed by atoms with van der Waals surface area (Å²) in [5.74, 6) is 2.01. The normalized spacial score (nSPS) is 57.0. The summed E-state index contributed by atoms with van der Waals surface area (Å²) >= 11 is 0. The average molecular weight is 326 g/mol. The zero-order valence-electron chi connectivity index (χ0n) is 15.6. The predicted molar refractivity (Wildman–Crippen MR) is 93.3 cm³/mol. The molecular weight excluding hydrogens is 296 g/mol. The molecule has 0 heterocycles. The quantitative estimate of drug-likeness (QED) is 0.645. The fraction of sp³-hybridized carbons (Fsp3) is 0.818. The van der Waals surface area contributed by atoms with Crippen molar-refractivity contribution in [2.75, 3.05) is 0 Å². The molecule has 0 aliphatic heterocycles. The summed E-state index contributed by atoms with van der Waals surface area (Å²) in [4.78, 5) is 25.2. The van der Waals surface area contributed by atoms with Crippen LogP contribution in [0.1, 0.15) is 72.6 Å². The van der Waals surface area contributed by atoms with Gasteiger partial charge in [-0.1, -0.05) is 33.8 Å². The summed E-state index contributed by atoms with van der Waals surface area (Å²) < 4.78 is 0. The fourth-order valence-electron chi connectivity index (χ4n) is 8.34. The molecule has 0 radical (unpaired) electrons. The third-order valence-corrected chi connectivity index (χ3v) is 10.1. The molecule has 24 heavy (non-hydrogen) atoms. The fourth-order valence-corrected chi connectivity index (χ4v) is 8.34. The van der Waals surface area contributed by atoms with Gasteiger partial charge in [-0.3, -0.25) is 9.59 Å². The minimum Gasteiger partial charge on any atom is -0.299 e. The van der Waals surface area contributed by atoms with E-state index < -0.39 is 0 Å². The molecule has 0 N–H and O–H groups in total. The van der Waals surface area contributed by atoms with Gasteiger partial charge in [0.25, 0.3) is 0 Å². The SMILES string of the molecule is CC1(C)C(=O)C=CC23CC24CCC2(C)C(=O)CCC2(C)C4CCC13. The van der Waals surface area contributed by atoms with Crippen LogP contribution >= 0.6 is 0 Å². The predicted octanol–water partition coefficient (Wildman–Crippen LogP) is 4.72. The Kier molecular flexibility index (Phi) is 2.50. The molecule has 4 saturated carbocycles. The van der Waals surface area contributed by atoms with Gasteiger partial charge in [-0.15, -0.1) is 0 Å². The van der Waals surface area contributed by atoms with Gasteiger partial charge in [0.05, 0.1) is 0 Å². The summed E-state index contributed by atoms with van der Waals surface area (Å²) in [7, 11) is 0. The number of fused-ring (bicyclic) bond motifs is 2. The van der Waals surface area contributed by atoms with Crippen LogP contribution in [0.4, 0.5) is 0 Å². The second-order valence-electron chi connectivity index (χ2n) is 10.6. The number of hydrogen-bond donors (Lipinski definition) is 0. The first kappa shape index (κ1) is 15.3. The Morgan fingerprint density at radius 1 is 0.958 bits per heavy atom. The van der Waals surface area contributed by atoms with Gasteiger partial charge in [-0.25, -0.2) is 0 Å². The molecule has 130 valence electrons. The molecule has 2 spiro atoms. The smallest absolute Gasteiger partial charge is 0.161 e.